The lowest BCUT2D eigenvalue weighted by Crippen LogP contribution is -2.43. The van der Waals surface area contributed by atoms with E-state index in [2.05, 4.69) is 15.9 Å². The Morgan fingerprint density at radius 2 is 1.95 bits per heavy atom. The molecule has 120 valence electrons. The van der Waals surface area contributed by atoms with Crippen LogP contribution in [0.1, 0.15) is 29.9 Å². The van der Waals surface area contributed by atoms with E-state index >= 15 is 0 Å². The molecule has 0 spiro atoms. The van der Waals surface area contributed by atoms with Gasteiger partial charge in [0.05, 0.1) is 13.2 Å². The molecule has 1 aromatic carbocycles. The summed E-state index contributed by atoms with van der Waals surface area (Å²) in [6.07, 6.45) is 3.46. The molecule has 4 rings (SSSR count). The Morgan fingerprint density at radius 1 is 1.09 bits per heavy atom. The van der Waals surface area contributed by atoms with Gasteiger partial charge in [0.15, 0.2) is 0 Å². The highest BCUT2D eigenvalue weighted by Crippen LogP contribution is 2.43. The molecule has 0 aromatic heterocycles. The smallest absolute Gasteiger partial charge is 0.119 e. The van der Waals surface area contributed by atoms with Crippen LogP contribution in [-0.2, 0) is 11.2 Å². The minimum Gasteiger partial charge on any atom is -0.508 e. The lowest BCUT2D eigenvalue weighted by Gasteiger charge is -2.35. The van der Waals surface area contributed by atoms with Crippen molar-refractivity contribution in [1.82, 2.24) is 9.80 Å². The van der Waals surface area contributed by atoms with Crippen molar-refractivity contribution >= 4 is 0 Å². The number of phenols is 1. The third kappa shape index (κ3) is 2.64. The second-order valence-electron chi connectivity index (χ2n) is 6.84. The molecule has 2 fully saturated rings. The van der Waals surface area contributed by atoms with Crippen LogP contribution in [0.3, 0.4) is 0 Å². The second kappa shape index (κ2) is 6.19. The Morgan fingerprint density at radius 3 is 2.82 bits per heavy atom. The summed E-state index contributed by atoms with van der Waals surface area (Å²) in [5.74, 6) is 1.13. The molecule has 3 aliphatic rings. The average Bonchev–Trinajstić information content (AvgIpc) is 2.98. The quantitative estimate of drug-likeness (QED) is 0.924. The first-order valence-corrected chi connectivity index (χ1v) is 8.68. The van der Waals surface area contributed by atoms with Crippen LogP contribution in [0.15, 0.2) is 18.2 Å². The van der Waals surface area contributed by atoms with Crippen molar-refractivity contribution < 1.29 is 9.84 Å². The zero-order valence-corrected chi connectivity index (χ0v) is 13.2. The summed E-state index contributed by atoms with van der Waals surface area (Å²) in [5.41, 5.74) is 2.61. The van der Waals surface area contributed by atoms with E-state index in [-0.39, 0.29) is 0 Å². The summed E-state index contributed by atoms with van der Waals surface area (Å²) in [5, 5.41) is 10.1. The first-order valence-electron chi connectivity index (χ1n) is 8.68. The van der Waals surface area contributed by atoms with Gasteiger partial charge in [-0.15, -0.1) is 0 Å². The molecule has 0 bridgehead atoms. The van der Waals surface area contributed by atoms with Crippen LogP contribution in [0.2, 0.25) is 0 Å². The summed E-state index contributed by atoms with van der Waals surface area (Å²) < 4.78 is 5.43. The zero-order valence-electron chi connectivity index (χ0n) is 13.2. The van der Waals surface area contributed by atoms with Crippen LogP contribution < -0.4 is 0 Å². The minimum atomic E-state index is 0.503. The summed E-state index contributed by atoms with van der Waals surface area (Å²) in [7, 11) is 0. The van der Waals surface area contributed by atoms with Crippen LogP contribution in [0.4, 0.5) is 0 Å². The second-order valence-corrected chi connectivity index (χ2v) is 6.84. The monoisotopic (exact) mass is 302 g/mol. The van der Waals surface area contributed by atoms with Crippen molar-refractivity contribution in [2.45, 2.75) is 31.2 Å². The van der Waals surface area contributed by atoms with Crippen LogP contribution in [0.5, 0.6) is 5.75 Å². The van der Waals surface area contributed by atoms with Crippen molar-refractivity contribution in [2.75, 3.05) is 45.9 Å². The Balaban J connectivity index is 1.42. The number of hydrogen-bond donors (Lipinski definition) is 1. The van der Waals surface area contributed by atoms with Crippen molar-refractivity contribution in [3.8, 4) is 5.75 Å². The van der Waals surface area contributed by atoms with Gasteiger partial charge >= 0.3 is 0 Å². The molecule has 2 saturated heterocycles. The van der Waals surface area contributed by atoms with E-state index in [1.54, 1.807) is 0 Å². The molecule has 4 heteroatoms. The first kappa shape index (κ1) is 14.5. The highest BCUT2D eigenvalue weighted by Gasteiger charge is 2.39. The molecule has 1 aromatic rings. The number of nitrogens with zero attached hydrogens (tertiary/aromatic N) is 2. The molecule has 0 radical (unpaired) electrons. The van der Waals surface area contributed by atoms with Crippen LogP contribution in [-0.4, -0.2) is 66.9 Å². The van der Waals surface area contributed by atoms with Gasteiger partial charge in [0.25, 0.3) is 0 Å². The molecule has 0 saturated carbocycles. The fourth-order valence-electron chi connectivity index (χ4n) is 4.54. The number of hydrogen-bond acceptors (Lipinski definition) is 4. The lowest BCUT2D eigenvalue weighted by molar-refractivity contribution is 0.0322. The molecule has 2 aliphatic heterocycles. The first-order chi connectivity index (χ1) is 10.8. The van der Waals surface area contributed by atoms with E-state index in [0.29, 0.717) is 17.7 Å². The topological polar surface area (TPSA) is 35.9 Å². The maximum atomic E-state index is 10.1. The summed E-state index contributed by atoms with van der Waals surface area (Å²) in [6, 6.07) is 6.75. The molecule has 1 aliphatic carbocycles. The van der Waals surface area contributed by atoms with Gasteiger partial charge in [0.1, 0.15) is 5.75 Å². The predicted octanol–water partition coefficient (Wildman–Crippen LogP) is 1.83. The molecule has 22 heavy (non-hydrogen) atoms. The molecule has 2 heterocycles. The van der Waals surface area contributed by atoms with Gasteiger partial charge < -0.3 is 9.84 Å². The van der Waals surface area contributed by atoms with Gasteiger partial charge in [-0.1, -0.05) is 12.1 Å². The van der Waals surface area contributed by atoms with Gasteiger partial charge in [-0.3, -0.25) is 9.80 Å². The Hall–Kier alpha value is -1.10. The molecule has 1 N–H and O–H groups in total. The number of benzene rings is 1. The largest absolute Gasteiger partial charge is 0.508 e. The number of rotatable bonds is 3. The lowest BCUT2D eigenvalue weighted by atomic mass is 9.79. The van der Waals surface area contributed by atoms with Crippen molar-refractivity contribution in [3.63, 3.8) is 0 Å². The predicted molar refractivity (Wildman–Crippen MR) is 86.4 cm³/mol. The standard InChI is InChI=1S/C18H26N2O2/c21-18-3-1-2-14-15-6-7-20(17(15)5-4-16(14)18)9-8-19-10-12-22-13-11-19/h1-3,15,17,21H,4-13H2/t15-,17+/m1/s1. The summed E-state index contributed by atoms with van der Waals surface area (Å²) in [4.78, 5) is 5.21. The fourth-order valence-corrected chi connectivity index (χ4v) is 4.54. The Bertz CT molecular complexity index is 528. The number of morpholine rings is 1. The van der Waals surface area contributed by atoms with Crippen molar-refractivity contribution in [3.05, 3.63) is 29.3 Å². The van der Waals surface area contributed by atoms with Crippen molar-refractivity contribution in [1.29, 1.82) is 0 Å². The number of likely N-dealkylation sites (tertiary alicyclic amines) is 1. The van der Waals surface area contributed by atoms with Gasteiger partial charge in [-0.25, -0.2) is 0 Å². The molecule has 4 nitrogen and oxygen atoms in total. The number of aromatic hydroxyl groups is 1. The van der Waals surface area contributed by atoms with Crippen LogP contribution in [0.25, 0.3) is 0 Å². The minimum absolute atomic E-state index is 0.503. The highest BCUT2D eigenvalue weighted by molar-refractivity contribution is 5.44. The molecule has 0 unspecified atom stereocenters. The maximum Gasteiger partial charge on any atom is 0.119 e. The highest BCUT2D eigenvalue weighted by atomic mass is 16.5. The van der Waals surface area contributed by atoms with Crippen molar-refractivity contribution in [2.24, 2.45) is 0 Å². The van der Waals surface area contributed by atoms with Gasteiger partial charge in [0.2, 0.25) is 0 Å². The fraction of sp³-hybridized carbons (Fsp3) is 0.667. The third-order valence-corrected chi connectivity index (χ3v) is 5.75. The normalized spacial score (nSPS) is 29.3. The third-order valence-electron chi connectivity index (χ3n) is 5.75. The zero-order chi connectivity index (χ0) is 14.9. The molecular formula is C18H26N2O2. The Kier molecular flexibility index (Phi) is 4.07. The van der Waals surface area contributed by atoms with E-state index in [1.165, 1.54) is 43.6 Å². The van der Waals surface area contributed by atoms with Gasteiger partial charge in [-0.2, -0.15) is 0 Å². The van der Waals surface area contributed by atoms with E-state index in [9.17, 15) is 5.11 Å². The van der Waals surface area contributed by atoms with Crippen LogP contribution in [0, 0.1) is 0 Å². The summed E-state index contributed by atoms with van der Waals surface area (Å²) >= 11 is 0. The Labute approximate surface area is 132 Å². The number of phenolic OH excluding ortho intramolecular Hbond substituents is 1. The summed E-state index contributed by atoms with van der Waals surface area (Å²) in [6.45, 7) is 7.48. The SMILES string of the molecule is Oc1cccc2c1CC[C@H]1[C@@H]2CCN1CCN1CCOCC1. The molecule has 0 amide bonds. The van der Waals surface area contributed by atoms with Gasteiger partial charge in [0, 0.05) is 38.1 Å². The van der Waals surface area contributed by atoms with Gasteiger partial charge in [-0.05, 0) is 43.0 Å². The number of ether oxygens (including phenoxy) is 1. The van der Waals surface area contributed by atoms with E-state index < -0.39 is 0 Å². The molecule has 2 atom stereocenters. The molecular weight excluding hydrogens is 276 g/mol. The van der Waals surface area contributed by atoms with Crippen LogP contribution >= 0.6 is 0 Å². The average molecular weight is 302 g/mol. The van der Waals surface area contributed by atoms with E-state index in [4.69, 9.17) is 4.74 Å². The number of fused-ring (bicyclic) bond motifs is 3. The van der Waals surface area contributed by atoms with E-state index in [1.807, 2.05) is 12.1 Å². The maximum absolute atomic E-state index is 10.1. The van der Waals surface area contributed by atoms with E-state index in [0.717, 1.165) is 32.7 Å².